The summed E-state index contributed by atoms with van der Waals surface area (Å²) in [5.74, 6) is 0.647. The van der Waals surface area contributed by atoms with Crippen LogP contribution in [-0.2, 0) is 16.6 Å². The molecule has 0 spiro atoms. The fourth-order valence-electron chi connectivity index (χ4n) is 2.31. The molecule has 3 rings (SSSR count). The minimum atomic E-state index is -3.59. The zero-order valence-corrected chi connectivity index (χ0v) is 15.3. The zero-order chi connectivity index (χ0) is 17.7. The Balaban J connectivity index is 1.71. The molecule has 0 saturated heterocycles. The second-order valence-electron chi connectivity index (χ2n) is 5.32. The van der Waals surface area contributed by atoms with Gasteiger partial charge in [-0.3, -0.25) is 4.98 Å². The van der Waals surface area contributed by atoms with Gasteiger partial charge in [-0.15, -0.1) is 0 Å². The summed E-state index contributed by atoms with van der Waals surface area (Å²) in [6, 6.07) is 10.3. The van der Waals surface area contributed by atoms with Gasteiger partial charge in [0, 0.05) is 24.5 Å². The maximum Gasteiger partial charge on any atom is 0.240 e. The maximum absolute atomic E-state index is 12.4. The molecule has 5 nitrogen and oxygen atoms in total. The van der Waals surface area contributed by atoms with Gasteiger partial charge in [0.05, 0.1) is 11.5 Å². The molecule has 0 bridgehead atoms. The molecule has 25 heavy (non-hydrogen) atoms. The number of ether oxygens (including phenoxy) is 1. The molecule has 130 valence electrons. The Morgan fingerprint density at radius 2 is 1.92 bits per heavy atom. The molecule has 0 unspecified atom stereocenters. The average Bonchev–Trinajstić information content (AvgIpc) is 3.16. The van der Waals surface area contributed by atoms with Crippen LogP contribution in [0.3, 0.4) is 0 Å². The Bertz CT molecular complexity index is 921. The first-order chi connectivity index (χ1) is 12.1. The largest absolute Gasteiger partial charge is 0.494 e. The standard InChI is InChI=1S/C18H18N2O3S2/c1-2-23-17-3-5-18(6-4-17)25(21,22)20-11-14-9-16(12-19-10-14)15-7-8-24-13-15/h3-10,12-13,20H,2,11H2,1H3. The maximum atomic E-state index is 12.4. The van der Waals surface area contributed by atoms with Gasteiger partial charge < -0.3 is 4.74 Å². The third-order valence-corrected chi connectivity index (χ3v) is 5.66. The van der Waals surface area contributed by atoms with Gasteiger partial charge in [-0.1, -0.05) is 0 Å². The normalized spacial score (nSPS) is 11.4. The van der Waals surface area contributed by atoms with E-state index >= 15 is 0 Å². The van der Waals surface area contributed by atoms with Crippen molar-refractivity contribution in [2.24, 2.45) is 0 Å². The SMILES string of the molecule is CCOc1ccc(S(=O)(=O)NCc2cncc(-c3ccsc3)c2)cc1. The molecule has 3 aromatic rings. The van der Waals surface area contributed by atoms with Gasteiger partial charge >= 0.3 is 0 Å². The molecule has 7 heteroatoms. The summed E-state index contributed by atoms with van der Waals surface area (Å²) in [5.41, 5.74) is 2.85. The summed E-state index contributed by atoms with van der Waals surface area (Å²) >= 11 is 1.61. The number of thiophene rings is 1. The van der Waals surface area contributed by atoms with Crippen LogP contribution in [-0.4, -0.2) is 20.0 Å². The summed E-state index contributed by atoms with van der Waals surface area (Å²) < 4.78 is 32.8. The lowest BCUT2D eigenvalue weighted by Gasteiger charge is -2.09. The molecule has 0 aliphatic carbocycles. The highest BCUT2D eigenvalue weighted by Crippen LogP contribution is 2.22. The second kappa shape index (κ2) is 7.77. The van der Waals surface area contributed by atoms with Crippen LogP contribution in [0.15, 0.2) is 64.4 Å². The molecule has 0 fully saturated rings. The first kappa shape index (κ1) is 17.6. The average molecular weight is 374 g/mol. The van der Waals surface area contributed by atoms with Gasteiger partial charge in [0.1, 0.15) is 5.75 Å². The molecule has 1 N–H and O–H groups in total. The number of hydrogen-bond donors (Lipinski definition) is 1. The van der Waals surface area contributed by atoms with Gasteiger partial charge in [-0.2, -0.15) is 11.3 Å². The van der Waals surface area contributed by atoms with Gasteiger partial charge in [0.15, 0.2) is 0 Å². The van der Waals surface area contributed by atoms with Crippen LogP contribution in [0.1, 0.15) is 12.5 Å². The van der Waals surface area contributed by atoms with E-state index in [1.165, 1.54) is 12.1 Å². The van der Waals surface area contributed by atoms with Crippen molar-refractivity contribution < 1.29 is 13.2 Å². The van der Waals surface area contributed by atoms with E-state index in [4.69, 9.17) is 4.74 Å². The van der Waals surface area contributed by atoms with Crippen LogP contribution in [0.5, 0.6) is 5.75 Å². The predicted molar refractivity (Wildman–Crippen MR) is 99.2 cm³/mol. The number of rotatable bonds is 7. The molecule has 0 aliphatic rings. The van der Waals surface area contributed by atoms with Crippen molar-refractivity contribution in [1.82, 2.24) is 9.71 Å². The van der Waals surface area contributed by atoms with Crippen LogP contribution in [0.2, 0.25) is 0 Å². The van der Waals surface area contributed by atoms with Gasteiger partial charge in [-0.25, -0.2) is 13.1 Å². The Labute approximate surface area is 151 Å². The lowest BCUT2D eigenvalue weighted by Crippen LogP contribution is -2.23. The van der Waals surface area contributed by atoms with E-state index < -0.39 is 10.0 Å². The van der Waals surface area contributed by atoms with E-state index in [2.05, 4.69) is 9.71 Å². The summed E-state index contributed by atoms with van der Waals surface area (Å²) in [7, 11) is -3.59. The first-order valence-electron chi connectivity index (χ1n) is 7.77. The van der Waals surface area contributed by atoms with E-state index in [0.29, 0.717) is 12.4 Å². The van der Waals surface area contributed by atoms with Crippen molar-refractivity contribution >= 4 is 21.4 Å². The third-order valence-electron chi connectivity index (χ3n) is 3.56. The highest BCUT2D eigenvalue weighted by atomic mass is 32.2. The topological polar surface area (TPSA) is 68.3 Å². The van der Waals surface area contributed by atoms with Crippen LogP contribution >= 0.6 is 11.3 Å². The molecule has 0 atom stereocenters. The number of benzene rings is 1. The molecule has 1 aromatic carbocycles. The minimum Gasteiger partial charge on any atom is -0.494 e. The molecule has 2 heterocycles. The smallest absolute Gasteiger partial charge is 0.240 e. The number of nitrogens with one attached hydrogen (secondary N) is 1. The molecule has 0 amide bonds. The third kappa shape index (κ3) is 4.45. The Hall–Kier alpha value is -2.22. The van der Waals surface area contributed by atoms with Crippen molar-refractivity contribution in [3.63, 3.8) is 0 Å². The van der Waals surface area contributed by atoms with Crippen molar-refractivity contribution in [3.05, 3.63) is 65.1 Å². The van der Waals surface area contributed by atoms with E-state index in [1.54, 1.807) is 35.9 Å². The van der Waals surface area contributed by atoms with Crippen molar-refractivity contribution in [2.75, 3.05) is 6.61 Å². The fourth-order valence-corrected chi connectivity index (χ4v) is 4.00. The number of pyridine rings is 1. The summed E-state index contributed by atoms with van der Waals surface area (Å²) in [4.78, 5) is 4.41. The number of aromatic nitrogens is 1. The van der Waals surface area contributed by atoms with Gasteiger partial charge in [-0.05, 0) is 65.2 Å². The highest BCUT2D eigenvalue weighted by molar-refractivity contribution is 7.89. The quantitative estimate of drug-likeness (QED) is 0.685. The first-order valence-corrected chi connectivity index (χ1v) is 10.2. The van der Waals surface area contributed by atoms with Gasteiger partial charge in [0.2, 0.25) is 10.0 Å². The monoisotopic (exact) mass is 374 g/mol. The molecule has 0 radical (unpaired) electrons. The number of hydrogen-bond acceptors (Lipinski definition) is 5. The molecule has 2 aromatic heterocycles. The van der Waals surface area contributed by atoms with Crippen molar-refractivity contribution in [3.8, 4) is 16.9 Å². The molecular weight excluding hydrogens is 356 g/mol. The van der Waals surface area contributed by atoms with E-state index in [9.17, 15) is 8.42 Å². The van der Waals surface area contributed by atoms with Crippen LogP contribution in [0, 0.1) is 0 Å². The lowest BCUT2D eigenvalue weighted by atomic mass is 10.1. The molecule has 0 aliphatic heterocycles. The Morgan fingerprint density at radius 1 is 1.12 bits per heavy atom. The minimum absolute atomic E-state index is 0.181. The summed E-state index contributed by atoms with van der Waals surface area (Å²) in [6.07, 6.45) is 3.43. The predicted octanol–water partition coefficient (Wildman–Crippen LogP) is 3.69. The number of sulfonamides is 1. The van der Waals surface area contributed by atoms with Crippen LogP contribution in [0.25, 0.3) is 11.1 Å². The lowest BCUT2D eigenvalue weighted by molar-refractivity contribution is 0.340. The van der Waals surface area contributed by atoms with E-state index in [1.807, 2.05) is 29.8 Å². The summed E-state index contributed by atoms with van der Waals surface area (Å²) in [5, 5.41) is 4.03. The molecular formula is C18H18N2O3S2. The zero-order valence-electron chi connectivity index (χ0n) is 13.7. The van der Waals surface area contributed by atoms with Crippen LogP contribution < -0.4 is 9.46 Å². The van der Waals surface area contributed by atoms with E-state index in [0.717, 1.165) is 16.7 Å². The van der Waals surface area contributed by atoms with Crippen molar-refractivity contribution in [2.45, 2.75) is 18.4 Å². The highest BCUT2D eigenvalue weighted by Gasteiger charge is 2.14. The van der Waals surface area contributed by atoms with E-state index in [-0.39, 0.29) is 11.4 Å². The van der Waals surface area contributed by atoms with Crippen LogP contribution in [0.4, 0.5) is 0 Å². The summed E-state index contributed by atoms with van der Waals surface area (Å²) in [6.45, 7) is 2.60. The Kier molecular flexibility index (Phi) is 5.47. The van der Waals surface area contributed by atoms with Gasteiger partial charge in [0.25, 0.3) is 0 Å². The second-order valence-corrected chi connectivity index (χ2v) is 7.87. The number of nitrogens with zero attached hydrogens (tertiary/aromatic N) is 1. The Morgan fingerprint density at radius 3 is 2.60 bits per heavy atom. The van der Waals surface area contributed by atoms with Crippen molar-refractivity contribution in [1.29, 1.82) is 0 Å². The molecule has 0 saturated carbocycles. The fraction of sp³-hybridized carbons (Fsp3) is 0.167.